The van der Waals surface area contributed by atoms with Gasteiger partial charge in [-0.05, 0) is 104 Å². The summed E-state index contributed by atoms with van der Waals surface area (Å²) in [7, 11) is 0. The van der Waals surface area contributed by atoms with Gasteiger partial charge in [-0.1, -0.05) is 0 Å². The number of amides is 2. The fraction of sp³-hybridized carbons (Fsp3) is 0.457. The summed E-state index contributed by atoms with van der Waals surface area (Å²) in [5.41, 5.74) is 3.84. The first-order valence-electron chi connectivity index (χ1n) is 16.3. The summed E-state index contributed by atoms with van der Waals surface area (Å²) in [4.78, 5) is 50.3. The minimum atomic E-state index is -0.560. The molecule has 0 aliphatic carbocycles. The molecule has 47 heavy (non-hydrogen) atoms. The van der Waals surface area contributed by atoms with Crippen LogP contribution in [0.1, 0.15) is 91.0 Å². The van der Waals surface area contributed by atoms with Gasteiger partial charge in [0.25, 0.3) is 0 Å². The third kappa shape index (κ3) is 6.28. The topological polar surface area (TPSA) is 142 Å². The lowest BCUT2D eigenvalue weighted by Crippen LogP contribution is -2.36. The van der Waals surface area contributed by atoms with E-state index in [0.717, 1.165) is 70.5 Å². The Bertz CT molecular complexity index is 1820. The molecule has 0 bridgehead atoms. The molecule has 0 radical (unpaired) electrons. The molecule has 2 atom stereocenters. The molecule has 0 unspecified atom stereocenters. The summed E-state index contributed by atoms with van der Waals surface area (Å²) in [6.07, 6.45) is 4.50. The van der Waals surface area contributed by atoms with Crippen molar-refractivity contribution in [1.82, 2.24) is 34.7 Å². The second kappa shape index (κ2) is 11.4. The van der Waals surface area contributed by atoms with Gasteiger partial charge in [0.05, 0.1) is 40.3 Å². The summed E-state index contributed by atoms with van der Waals surface area (Å²) >= 11 is 0. The number of rotatable bonds is 4. The van der Waals surface area contributed by atoms with Gasteiger partial charge in [0.1, 0.15) is 22.9 Å². The number of fused-ring (bicyclic) bond motifs is 2. The van der Waals surface area contributed by atoms with E-state index in [0.29, 0.717) is 24.7 Å². The monoisotopic (exact) mass is 639 g/mol. The first-order valence-corrected chi connectivity index (χ1v) is 16.3. The number of hydrogen-bond acceptors (Lipinski definition) is 8. The molecule has 2 saturated heterocycles. The molecule has 2 aliphatic rings. The van der Waals surface area contributed by atoms with Crippen molar-refractivity contribution < 1.29 is 23.5 Å². The number of ether oxygens (including phenoxy) is 2. The number of aromatic nitrogens is 5. The first kappa shape index (κ1) is 30.8. The lowest BCUT2D eigenvalue weighted by atomic mass is 10.1. The Morgan fingerprint density at radius 2 is 1.34 bits per heavy atom. The minimum Gasteiger partial charge on any atom is -0.444 e. The van der Waals surface area contributed by atoms with E-state index in [4.69, 9.17) is 23.9 Å². The van der Waals surface area contributed by atoms with Gasteiger partial charge in [0, 0.05) is 24.2 Å². The molecule has 2 fully saturated rings. The molecule has 12 nitrogen and oxygen atoms in total. The number of oxazole rings is 1. The van der Waals surface area contributed by atoms with Gasteiger partial charge in [-0.25, -0.2) is 24.5 Å². The molecular formula is C35H41N7O5. The average Bonchev–Trinajstić information content (AvgIpc) is 3.82. The summed E-state index contributed by atoms with van der Waals surface area (Å²) in [6.45, 7) is 12.5. The molecule has 12 heteroatoms. The highest BCUT2D eigenvalue weighted by Crippen LogP contribution is 2.36. The fourth-order valence-corrected chi connectivity index (χ4v) is 6.38. The Balaban J connectivity index is 1.10. The lowest BCUT2D eigenvalue weighted by molar-refractivity contribution is 0.0208. The van der Waals surface area contributed by atoms with E-state index >= 15 is 0 Å². The number of carbonyl (C=O) groups excluding carboxylic acids is 2. The predicted molar refractivity (Wildman–Crippen MR) is 177 cm³/mol. The summed E-state index contributed by atoms with van der Waals surface area (Å²) in [5.74, 6) is 2.59. The summed E-state index contributed by atoms with van der Waals surface area (Å²) in [6, 6.07) is 11.4. The van der Waals surface area contributed by atoms with Gasteiger partial charge < -0.3 is 23.9 Å². The molecule has 246 valence electrons. The standard InChI is InChI=1S/C35H41N7O5/c1-34(2,3)46-32(43)41-15-7-9-26(41)29-37-22-13-11-20(17-24(22)39-29)28-19-36-31(45-28)21-12-14-23-25(18-21)40-30(38-23)27-10-8-16-42(27)33(44)47-35(4,5)6/h11-14,17-19,26-27H,7-10,15-16H2,1-6H3,(H,37,39)(H,38,40)/t26-,27-/m0/s1. The number of hydrogen-bond donors (Lipinski definition) is 2. The fourth-order valence-electron chi connectivity index (χ4n) is 6.38. The zero-order valence-electron chi connectivity index (χ0n) is 27.7. The maximum Gasteiger partial charge on any atom is 0.410 e. The van der Waals surface area contributed by atoms with Gasteiger partial charge in [-0.3, -0.25) is 9.80 Å². The SMILES string of the molecule is CC(C)(C)OC(=O)N1CCC[C@H]1c1nc2cc(-c3cnc(-c4ccc5nc([C@@H]6CCCN6C(=O)OC(C)(C)C)[nH]c5c4)o3)ccc2[nH]1. The van der Waals surface area contributed by atoms with E-state index in [2.05, 4.69) is 15.0 Å². The van der Waals surface area contributed by atoms with Gasteiger partial charge >= 0.3 is 12.2 Å². The van der Waals surface area contributed by atoms with Crippen LogP contribution in [0.2, 0.25) is 0 Å². The van der Waals surface area contributed by atoms with Crippen LogP contribution in [0.15, 0.2) is 47.0 Å². The van der Waals surface area contributed by atoms with Crippen molar-refractivity contribution in [3.63, 3.8) is 0 Å². The highest BCUT2D eigenvalue weighted by atomic mass is 16.6. The Morgan fingerprint density at radius 1 is 0.766 bits per heavy atom. The number of likely N-dealkylation sites (tertiary alicyclic amines) is 2. The smallest absolute Gasteiger partial charge is 0.410 e. The number of carbonyl (C=O) groups is 2. The first-order chi connectivity index (χ1) is 22.3. The van der Waals surface area contributed by atoms with E-state index in [-0.39, 0.29) is 24.3 Å². The van der Waals surface area contributed by atoms with Crippen molar-refractivity contribution in [2.45, 2.75) is 90.5 Å². The molecule has 3 aromatic heterocycles. The number of H-pyrrole nitrogens is 2. The van der Waals surface area contributed by atoms with Crippen LogP contribution in [-0.2, 0) is 9.47 Å². The van der Waals surface area contributed by atoms with Crippen LogP contribution < -0.4 is 0 Å². The number of benzene rings is 2. The molecule has 2 aliphatic heterocycles. The molecule has 2 amide bonds. The third-order valence-electron chi connectivity index (χ3n) is 8.43. The van der Waals surface area contributed by atoms with Gasteiger partial charge in [-0.2, -0.15) is 0 Å². The van der Waals surface area contributed by atoms with E-state index in [1.807, 2.05) is 77.9 Å². The minimum absolute atomic E-state index is 0.162. The Hall–Kier alpha value is -4.87. The van der Waals surface area contributed by atoms with E-state index in [1.165, 1.54) is 0 Å². The van der Waals surface area contributed by atoms with E-state index < -0.39 is 11.2 Å². The lowest BCUT2D eigenvalue weighted by Gasteiger charge is -2.27. The zero-order valence-corrected chi connectivity index (χ0v) is 27.7. The second-order valence-corrected chi connectivity index (χ2v) is 14.4. The summed E-state index contributed by atoms with van der Waals surface area (Å²) < 4.78 is 17.5. The van der Waals surface area contributed by atoms with Crippen LogP contribution >= 0.6 is 0 Å². The second-order valence-electron chi connectivity index (χ2n) is 14.4. The Kier molecular flexibility index (Phi) is 7.48. The van der Waals surface area contributed by atoms with Crippen molar-refractivity contribution in [3.8, 4) is 22.8 Å². The van der Waals surface area contributed by atoms with Crippen LogP contribution in [0.5, 0.6) is 0 Å². The summed E-state index contributed by atoms with van der Waals surface area (Å²) in [5, 5.41) is 0. The third-order valence-corrected chi connectivity index (χ3v) is 8.43. The molecular weight excluding hydrogens is 598 g/mol. The normalized spacial score (nSPS) is 18.9. The molecule has 2 N–H and O–H groups in total. The van der Waals surface area contributed by atoms with Crippen LogP contribution in [0.3, 0.4) is 0 Å². The number of aromatic amines is 2. The van der Waals surface area contributed by atoms with Crippen molar-refractivity contribution in [3.05, 3.63) is 54.2 Å². The van der Waals surface area contributed by atoms with Crippen LogP contribution in [0.25, 0.3) is 44.8 Å². The number of nitrogens with zero attached hydrogens (tertiary/aromatic N) is 5. The van der Waals surface area contributed by atoms with Crippen molar-refractivity contribution in [2.75, 3.05) is 13.1 Å². The Morgan fingerprint density at radius 3 is 1.96 bits per heavy atom. The van der Waals surface area contributed by atoms with Gasteiger partial charge in [-0.15, -0.1) is 0 Å². The van der Waals surface area contributed by atoms with Gasteiger partial charge in [0.2, 0.25) is 5.89 Å². The molecule has 0 saturated carbocycles. The van der Waals surface area contributed by atoms with Crippen molar-refractivity contribution in [1.29, 1.82) is 0 Å². The largest absolute Gasteiger partial charge is 0.444 e. The van der Waals surface area contributed by atoms with Gasteiger partial charge in [0.15, 0.2) is 5.76 Å². The van der Waals surface area contributed by atoms with E-state index in [1.54, 1.807) is 16.0 Å². The average molecular weight is 640 g/mol. The predicted octanol–water partition coefficient (Wildman–Crippen LogP) is 7.91. The maximum absolute atomic E-state index is 12.8. The maximum atomic E-state index is 12.8. The van der Waals surface area contributed by atoms with Crippen LogP contribution in [-0.4, -0.2) is 71.2 Å². The number of nitrogens with one attached hydrogen (secondary N) is 2. The molecule has 2 aromatic carbocycles. The van der Waals surface area contributed by atoms with Crippen molar-refractivity contribution in [2.24, 2.45) is 0 Å². The highest BCUT2D eigenvalue weighted by Gasteiger charge is 2.36. The zero-order chi connectivity index (χ0) is 33.1. The van der Waals surface area contributed by atoms with Crippen molar-refractivity contribution >= 4 is 34.3 Å². The molecule has 5 aromatic rings. The van der Waals surface area contributed by atoms with E-state index in [9.17, 15) is 9.59 Å². The number of imidazole rings is 2. The highest BCUT2D eigenvalue weighted by molar-refractivity contribution is 5.83. The molecule has 0 spiro atoms. The van der Waals surface area contributed by atoms with Crippen LogP contribution in [0, 0.1) is 0 Å². The quantitative estimate of drug-likeness (QED) is 0.202. The molecule has 5 heterocycles. The Labute approximate surface area is 272 Å². The molecule has 7 rings (SSSR count). The van der Waals surface area contributed by atoms with Crippen LogP contribution in [0.4, 0.5) is 9.59 Å².